The number of quaternary nitrogens is 1. The topological polar surface area (TPSA) is 50.5 Å². The van der Waals surface area contributed by atoms with Crippen LogP contribution in [0.1, 0.15) is 58.3 Å². The molecule has 2 aromatic carbocycles. The Hall–Kier alpha value is -2.66. The lowest BCUT2D eigenvalue weighted by Crippen LogP contribution is -2.44. The van der Waals surface area contributed by atoms with E-state index in [-0.39, 0.29) is 11.3 Å². The normalized spacial score (nSPS) is 11.9. The number of para-hydroxylation sites is 1. The van der Waals surface area contributed by atoms with Crippen LogP contribution >= 0.6 is 0 Å². The Kier molecular flexibility index (Phi) is 8.67. The molecule has 0 spiro atoms. The number of carbonyl (C=O) groups excluding carboxylic acids is 1. The van der Waals surface area contributed by atoms with Gasteiger partial charge in [-0.3, -0.25) is 9.59 Å². The second-order valence-electron chi connectivity index (χ2n) is 10.0. The molecular formula is C28H39N2O3+. The lowest BCUT2D eigenvalue weighted by molar-refractivity contribution is -0.868. The monoisotopic (exact) mass is 451 g/mol. The van der Waals surface area contributed by atoms with Gasteiger partial charge in [0.1, 0.15) is 11.2 Å². The van der Waals surface area contributed by atoms with Gasteiger partial charge in [0.25, 0.3) is 0 Å². The Bertz CT molecular complexity index is 1130. The first-order valence-corrected chi connectivity index (χ1v) is 12.4. The third-order valence-electron chi connectivity index (χ3n) is 6.16. The van der Waals surface area contributed by atoms with Gasteiger partial charge in [0.05, 0.1) is 45.0 Å². The van der Waals surface area contributed by atoms with Crippen molar-refractivity contribution in [3.8, 4) is 0 Å². The van der Waals surface area contributed by atoms with E-state index in [0.29, 0.717) is 34.9 Å². The Morgan fingerprint density at radius 1 is 0.879 bits per heavy atom. The van der Waals surface area contributed by atoms with Gasteiger partial charge in [-0.25, -0.2) is 0 Å². The Labute approximate surface area is 197 Å². The number of rotatable bonds is 12. The predicted octanol–water partition coefficient (Wildman–Crippen LogP) is 6.13. The van der Waals surface area contributed by atoms with E-state index in [4.69, 9.17) is 4.42 Å². The van der Waals surface area contributed by atoms with Crippen LogP contribution in [0.2, 0.25) is 0 Å². The number of hydrogen-bond acceptors (Lipinski definition) is 3. The van der Waals surface area contributed by atoms with Crippen molar-refractivity contribution in [1.29, 1.82) is 0 Å². The fourth-order valence-corrected chi connectivity index (χ4v) is 4.13. The summed E-state index contributed by atoms with van der Waals surface area (Å²) < 4.78 is 6.72. The van der Waals surface area contributed by atoms with Crippen molar-refractivity contribution in [3.63, 3.8) is 0 Å². The number of amides is 1. The maximum absolute atomic E-state index is 13.2. The molecule has 1 heterocycles. The summed E-state index contributed by atoms with van der Waals surface area (Å²) in [5.74, 6) is 0.126. The molecule has 0 aliphatic rings. The lowest BCUT2D eigenvalue weighted by Gasteiger charge is -2.29. The fourth-order valence-electron chi connectivity index (χ4n) is 4.13. The highest BCUT2D eigenvalue weighted by Crippen LogP contribution is 2.25. The van der Waals surface area contributed by atoms with Crippen molar-refractivity contribution >= 4 is 33.5 Å². The van der Waals surface area contributed by atoms with Crippen LogP contribution in [0.4, 0.5) is 5.69 Å². The van der Waals surface area contributed by atoms with E-state index in [1.54, 1.807) is 6.07 Å². The number of unbranched alkanes of at least 4 members (excludes halogenated alkanes) is 6. The van der Waals surface area contributed by atoms with Crippen molar-refractivity contribution < 1.29 is 13.7 Å². The number of nitrogens with zero attached hydrogens (tertiary/aromatic N) is 2. The van der Waals surface area contributed by atoms with E-state index >= 15 is 0 Å². The highest BCUT2D eigenvalue weighted by Gasteiger charge is 2.20. The zero-order valence-electron chi connectivity index (χ0n) is 20.7. The quantitative estimate of drug-likeness (QED) is 0.189. The van der Waals surface area contributed by atoms with Gasteiger partial charge in [-0.05, 0) is 36.8 Å². The van der Waals surface area contributed by atoms with E-state index in [0.717, 1.165) is 29.6 Å². The first-order chi connectivity index (χ1) is 15.8. The van der Waals surface area contributed by atoms with Gasteiger partial charge in [-0.1, -0.05) is 57.6 Å². The van der Waals surface area contributed by atoms with Gasteiger partial charge in [0, 0.05) is 12.1 Å². The Morgan fingerprint density at radius 2 is 1.55 bits per heavy atom. The van der Waals surface area contributed by atoms with Crippen LogP contribution < -0.4 is 10.3 Å². The molecule has 1 aromatic heterocycles. The molecule has 178 valence electrons. The van der Waals surface area contributed by atoms with Gasteiger partial charge >= 0.3 is 0 Å². The fraction of sp³-hybridized carbons (Fsp3) is 0.500. The molecule has 0 saturated carbocycles. The third kappa shape index (κ3) is 6.91. The van der Waals surface area contributed by atoms with E-state index < -0.39 is 0 Å². The van der Waals surface area contributed by atoms with Gasteiger partial charge < -0.3 is 13.8 Å². The molecule has 0 aliphatic carbocycles. The summed E-state index contributed by atoms with van der Waals surface area (Å²) in [6, 6.07) is 12.8. The molecule has 0 unspecified atom stereocenters. The largest absolute Gasteiger partial charge is 0.456 e. The lowest BCUT2D eigenvalue weighted by atomic mass is 10.1. The standard InChI is InChI=1S/C28H39N2O3/c1-5-6-7-8-9-10-11-16-27(31)29(19-20-30(2,3)4)22-17-18-26-24(21-22)28(32)23-14-12-13-15-25(23)33-26/h12-15,17-18,21H,5-11,16,19-20H2,1-4H3/q+1. The molecule has 3 aromatic rings. The van der Waals surface area contributed by atoms with E-state index in [2.05, 4.69) is 28.1 Å². The number of anilines is 1. The van der Waals surface area contributed by atoms with Crippen molar-refractivity contribution in [2.45, 2.75) is 58.3 Å². The highest BCUT2D eigenvalue weighted by atomic mass is 16.3. The molecule has 33 heavy (non-hydrogen) atoms. The van der Waals surface area contributed by atoms with Crippen molar-refractivity contribution in [3.05, 3.63) is 52.7 Å². The summed E-state index contributed by atoms with van der Waals surface area (Å²) in [7, 11) is 6.38. The van der Waals surface area contributed by atoms with Crippen LogP contribution in [0.3, 0.4) is 0 Å². The number of carbonyl (C=O) groups is 1. The molecule has 0 fully saturated rings. The van der Waals surface area contributed by atoms with E-state index in [1.165, 1.54) is 32.1 Å². The van der Waals surface area contributed by atoms with Crippen LogP contribution in [0.15, 0.2) is 51.7 Å². The minimum absolute atomic E-state index is 0.0558. The summed E-state index contributed by atoms with van der Waals surface area (Å²) >= 11 is 0. The molecule has 5 nitrogen and oxygen atoms in total. The molecule has 0 radical (unpaired) electrons. The molecule has 5 heteroatoms. The second kappa shape index (κ2) is 11.5. The summed E-state index contributed by atoms with van der Waals surface area (Å²) in [4.78, 5) is 28.2. The predicted molar refractivity (Wildman–Crippen MR) is 138 cm³/mol. The van der Waals surface area contributed by atoms with Crippen LogP contribution in [0.5, 0.6) is 0 Å². The zero-order chi connectivity index (χ0) is 23.8. The molecule has 0 atom stereocenters. The minimum Gasteiger partial charge on any atom is -0.456 e. The second-order valence-corrected chi connectivity index (χ2v) is 10.0. The van der Waals surface area contributed by atoms with Crippen molar-refractivity contribution in [2.24, 2.45) is 0 Å². The van der Waals surface area contributed by atoms with Crippen LogP contribution in [-0.2, 0) is 4.79 Å². The van der Waals surface area contributed by atoms with Gasteiger partial charge in [-0.2, -0.15) is 0 Å². The van der Waals surface area contributed by atoms with E-state index in [9.17, 15) is 9.59 Å². The van der Waals surface area contributed by atoms with Crippen molar-refractivity contribution in [1.82, 2.24) is 0 Å². The number of benzene rings is 2. The molecule has 0 N–H and O–H groups in total. The highest BCUT2D eigenvalue weighted by molar-refractivity contribution is 5.97. The summed E-state index contributed by atoms with van der Waals surface area (Å²) in [5.41, 5.74) is 1.85. The number of fused-ring (bicyclic) bond motifs is 2. The zero-order valence-corrected chi connectivity index (χ0v) is 20.7. The molecule has 0 bridgehead atoms. The van der Waals surface area contributed by atoms with Gasteiger partial charge in [0.2, 0.25) is 11.3 Å². The molecule has 0 saturated heterocycles. The Morgan fingerprint density at radius 3 is 2.27 bits per heavy atom. The average Bonchev–Trinajstić information content (AvgIpc) is 2.78. The van der Waals surface area contributed by atoms with Gasteiger partial charge in [-0.15, -0.1) is 0 Å². The summed E-state index contributed by atoms with van der Waals surface area (Å²) in [5, 5.41) is 1.08. The number of likely N-dealkylation sites (N-methyl/N-ethyl adjacent to an activating group) is 1. The summed E-state index contributed by atoms with van der Waals surface area (Å²) in [6.07, 6.45) is 8.81. The smallest absolute Gasteiger partial charge is 0.227 e. The van der Waals surface area contributed by atoms with Crippen molar-refractivity contribution in [2.75, 3.05) is 39.1 Å². The first kappa shape index (κ1) is 25.0. The van der Waals surface area contributed by atoms with E-state index in [1.807, 2.05) is 41.3 Å². The molecule has 3 rings (SSSR count). The Balaban J connectivity index is 1.80. The third-order valence-corrected chi connectivity index (χ3v) is 6.16. The first-order valence-electron chi connectivity index (χ1n) is 12.4. The van der Waals surface area contributed by atoms with Gasteiger partial charge in [0.15, 0.2) is 0 Å². The molecule has 0 aliphatic heterocycles. The maximum Gasteiger partial charge on any atom is 0.227 e. The minimum atomic E-state index is -0.0558. The number of hydrogen-bond donors (Lipinski definition) is 0. The van der Waals surface area contributed by atoms with Crippen LogP contribution in [0, 0.1) is 0 Å². The average molecular weight is 452 g/mol. The molecule has 1 amide bonds. The SMILES string of the molecule is CCCCCCCCCC(=O)N(CC[N+](C)(C)C)c1ccc2oc3ccccc3c(=O)c2c1. The van der Waals surface area contributed by atoms with Crippen LogP contribution in [0.25, 0.3) is 21.9 Å². The van der Waals surface area contributed by atoms with Crippen LogP contribution in [-0.4, -0.2) is 44.6 Å². The molecular weight excluding hydrogens is 412 g/mol. The maximum atomic E-state index is 13.2. The summed E-state index contributed by atoms with van der Waals surface area (Å²) in [6.45, 7) is 3.67.